The van der Waals surface area contributed by atoms with Crippen LogP contribution in [-0.4, -0.2) is 0 Å². The third-order valence-electron chi connectivity index (χ3n) is 12.0. The molecule has 62 heavy (non-hydrogen) atoms. The van der Waals surface area contributed by atoms with E-state index in [1.807, 2.05) is 12.1 Å². The van der Waals surface area contributed by atoms with Gasteiger partial charge in [0.2, 0.25) is 0 Å². The van der Waals surface area contributed by atoms with Crippen molar-refractivity contribution in [1.29, 1.82) is 0 Å². The zero-order valence-electron chi connectivity index (χ0n) is 34.2. The molecule has 0 atom stereocenters. The van der Waals surface area contributed by atoms with E-state index in [-0.39, 0.29) is 0 Å². The molecule has 0 N–H and O–H groups in total. The molecule has 0 aliphatic heterocycles. The van der Waals surface area contributed by atoms with Gasteiger partial charge in [0.1, 0.15) is 5.58 Å². The maximum absolute atomic E-state index is 6.09. The van der Waals surface area contributed by atoms with Gasteiger partial charge < -0.3 is 4.42 Å². The number of hydrogen-bond acceptors (Lipinski definition) is 1. The molecule has 0 spiro atoms. The van der Waals surface area contributed by atoms with Crippen LogP contribution in [-0.2, 0) is 0 Å². The van der Waals surface area contributed by atoms with Crippen molar-refractivity contribution in [3.05, 3.63) is 258 Å². The fourth-order valence-corrected chi connectivity index (χ4v) is 14.3. The Morgan fingerprint density at radius 1 is 0.339 bits per heavy atom. The summed E-state index contributed by atoms with van der Waals surface area (Å²) in [6.45, 7) is 0. The number of hydrogen-bond donors (Lipinski definition) is 0. The van der Waals surface area contributed by atoms with Crippen molar-refractivity contribution < 1.29 is 4.42 Å². The molecule has 2 heteroatoms. The Labute approximate surface area is 370 Å². The van der Waals surface area contributed by atoms with Crippen LogP contribution in [0.3, 0.4) is 0 Å². The van der Waals surface area contributed by atoms with Gasteiger partial charge in [-0.3, -0.25) is 0 Å². The van der Waals surface area contributed by atoms with Crippen molar-refractivity contribution in [3.63, 3.8) is 0 Å². The van der Waals surface area contributed by atoms with Crippen molar-refractivity contribution in [2.24, 2.45) is 0 Å². The van der Waals surface area contributed by atoms with E-state index >= 15 is 0 Å². The minimum absolute atomic E-state index is 0.921. The van der Waals surface area contributed by atoms with Crippen LogP contribution in [0.15, 0.2) is 241 Å². The monoisotopic (exact) mass is 906 g/mol. The molecule has 0 radical (unpaired) electrons. The fourth-order valence-electron chi connectivity index (χ4n) is 8.90. The Morgan fingerprint density at radius 3 is 1.42 bits per heavy atom. The van der Waals surface area contributed by atoms with Gasteiger partial charge in [0, 0.05) is 0 Å². The quantitative estimate of drug-likeness (QED) is 0.132. The van der Waals surface area contributed by atoms with Gasteiger partial charge in [0.05, 0.1) is 0 Å². The van der Waals surface area contributed by atoms with Gasteiger partial charge in [-0.25, -0.2) is 0 Å². The third-order valence-corrected chi connectivity index (χ3v) is 17.9. The Kier molecular flexibility index (Phi) is 10.3. The van der Waals surface area contributed by atoms with Gasteiger partial charge in [-0.05, 0) is 6.07 Å². The molecular formula is C60H43IO. The zero-order chi connectivity index (χ0) is 41.2. The average Bonchev–Trinajstić information content (AvgIpc) is 3.73. The fraction of sp³-hybridized carbons (Fsp3) is 0.0333. The van der Waals surface area contributed by atoms with Crippen LogP contribution in [0.2, 0.25) is 0 Å². The van der Waals surface area contributed by atoms with Gasteiger partial charge in [0.25, 0.3) is 0 Å². The molecular weight excluding hydrogens is 864 g/mol. The Balaban J connectivity index is 0.930. The molecule has 0 fully saturated rings. The van der Waals surface area contributed by atoms with Crippen LogP contribution in [0.25, 0.3) is 77.6 Å². The molecule has 1 heterocycles. The topological polar surface area (TPSA) is 13.1 Å². The standard InChI is InChI=1S/C60H43IO/c1-3-13-45(14-4-1)53-17-7-9-19-55(53)47-29-36-51(37-30-47)61(52-38-31-48(32-39-52)56-20-10-8-18-54(56)46-15-5-2-6-16-46)50-34-27-43(28-35-50)42-23-25-44(26-24-42)49-33-40-60-58(41-49)57-21-11-12-22-59(57)62-60/h1-7,9-17,19-41H,8,18H2. The van der Waals surface area contributed by atoms with E-state index < -0.39 is 19.8 Å². The Hall–Kier alpha value is -7.01. The van der Waals surface area contributed by atoms with Crippen LogP contribution in [0.1, 0.15) is 24.0 Å². The second-order valence-corrected chi connectivity index (χ2v) is 21.2. The SMILES string of the molecule is C1=CC(c2ccc(I(c3ccc(-c4ccc(-c5ccc6oc7ccccc7c6c5)cc4)cc3)c3ccc(-c4ccccc4-c4ccccc4)cc3)cc2)=C(c2ccccc2)CC1. The van der Waals surface area contributed by atoms with E-state index in [4.69, 9.17) is 4.42 Å². The molecule has 0 amide bonds. The van der Waals surface area contributed by atoms with Crippen molar-refractivity contribution >= 4 is 52.9 Å². The van der Waals surface area contributed by atoms with E-state index in [0.29, 0.717) is 0 Å². The molecule has 1 aliphatic rings. The van der Waals surface area contributed by atoms with Crippen LogP contribution in [0, 0.1) is 10.7 Å². The van der Waals surface area contributed by atoms with Crippen molar-refractivity contribution in [2.75, 3.05) is 0 Å². The first kappa shape index (κ1) is 38.0. The number of fused-ring (bicyclic) bond motifs is 3. The Morgan fingerprint density at radius 2 is 0.790 bits per heavy atom. The van der Waals surface area contributed by atoms with E-state index in [1.54, 1.807) is 0 Å². The maximum atomic E-state index is 6.09. The summed E-state index contributed by atoms with van der Waals surface area (Å²) in [5.74, 6) is 0. The Bertz CT molecular complexity index is 3230. The molecule has 0 saturated heterocycles. The minimum atomic E-state index is -2.12. The first-order valence-electron chi connectivity index (χ1n) is 21.4. The molecule has 11 rings (SSSR count). The predicted molar refractivity (Wildman–Crippen MR) is 270 cm³/mol. The van der Waals surface area contributed by atoms with E-state index in [9.17, 15) is 0 Å². The summed E-state index contributed by atoms with van der Waals surface area (Å²) in [5, 5.41) is 2.30. The number of halogens is 1. The van der Waals surface area contributed by atoms with Gasteiger partial charge in [0.15, 0.2) is 0 Å². The molecule has 0 unspecified atom stereocenters. The number of benzene rings is 9. The predicted octanol–water partition coefficient (Wildman–Crippen LogP) is 16.9. The van der Waals surface area contributed by atoms with E-state index in [2.05, 4.69) is 224 Å². The molecule has 10 aromatic rings. The number of rotatable bonds is 9. The number of furan rings is 1. The molecule has 1 aliphatic carbocycles. The summed E-state index contributed by atoms with van der Waals surface area (Å²) in [5.41, 5.74) is 17.0. The zero-order valence-corrected chi connectivity index (χ0v) is 36.4. The van der Waals surface area contributed by atoms with Gasteiger partial charge in [-0.1, -0.05) is 18.2 Å². The molecule has 0 saturated carbocycles. The second kappa shape index (κ2) is 16.8. The summed E-state index contributed by atoms with van der Waals surface area (Å²) >= 11 is -2.12. The van der Waals surface area contributed by atoms with Crippen molar-refractivity contribution in [1.82, 2.24) is 0 Å². The molecule has 0 bridgehead atoms. The van der Waals surface area contributed by atoms with Crippen molar-refractivity contribution in [2.45, 2.75) is 12.8 Å². The number of para-hydroxylation sites is 1. The van der Waals surface area contributed by atoms with Gasteiger partial charge in [-0.2, -0.15) is 0 Å². The summed E-state index contributed by atoms with van der Waals surface area (Å²) in [6.07, 6.45) is 6.79. The summed E-state index contributed by atoms with van der Waals surface area (Å²) in [7, 11) is 0. The molecule has 1 nitrogen and oxygen atoms in total. The van der Waals surface area contributed by atoms with Crippen LogP contribution >= 0.6 is 19.8 Å². The number of allylic oxidation sites excluding steroid dienone is 4. The molecule has 9 aromatic carbocycles. The first-order chi connectivity index (χ1) is 30.7. The van der Waals surface area contributed by atoms with Crippen LogP contribution < -0.4 is 0 Å². The summed E-state index contributed by atoms with van der Waals surface area (Å²) in [6, 6.07) is 82.5. The molecule has 296 valence electrons. The average molecular weight is 907 g/mol. The second-order valence-electron chi connectivity index (χ2n) is 15.8. The summed E-state index contributed by atoms with van der Waals surface area (Å²) < 4.78 is 10.4. The van der Waals surface area contributed by atoms with Gasteiger partial charge >= 0.3 is 339 Å². The molecule has 1 aromatic heterocycles. The van der Waals surface area contributed by atoms with E-state index in [0.717, 1.165) is 34.8 Å². The van der Waals surface area contributed by atoms with Crippen LogP contribution in [0.5, 0.6) is 0 Å². The third kappa shape index (κ3) is 7.41. The van der Waals surface area contributed by atoms with Crippen LogP contribution in [0.4, 0.5) is 0 Å². The summed E-state index contributed by atoms with van der Waals surface area (Å²) in [4.78, 5) is 0. The van der Waals surface area contributed by atoms with Gasteiger partial charge in [-0.15, -0.1) is 0 Å². The van der Waals surface area contributed by atoms with Crippen molar-refractivity contribution in [3.8, 4) is 44.5 Å². The normalized spacial score (nSPS) is 12.9. The first-order valence-corrected chi connectivity index (χ1v) is 24.6. The van der Waals surface area contributed by atoms with E-state index in [1.165, 1.54) is 77.5 Å².